The summed E-state index contributed by atoms with van der Waals surface area (Å²) in [4.78, 5) is 22.4. The van der Waals surface area contributed by atoms with Gasteiger partial charge >= 0.3 is 0 Å². The molecule has 1 amide bonds. The van der Waals surface area contributed by atoms with Crippen LogP contribution >= 0.6 is 0 Å². The summed E-state index contributed by atoms with van der Waals surface area (Å²) in [6.07, 6.45) is 2.51. The number of primary amides is 1. The molecule has 0 fully saturated rings. The Hall–Kier alpha value is -2.50. The Balaban J connectivity index is 2.62. The molecule has 0 atom stereocenters. The number of aromatic nitrogens is 2. The average molecular weight is 247 g/mol. The first-order valence-corrected chi connectivity index (χ1v) is 5.15. The summed E-state index contributed by atoms with van der Waals surface area (Å²) in [5.41, 5.74) is 5.43. The maximum absolute atomic E-state index is 13.8. The van der Waals surface area contributed by atoms with Crippen LogP contribution in [0, 0.1) is 5.82 Å². The number of para-hydroxylation sites is 1. The van der Waals surface area contributed by atoms with Crippen LogP contribution in [0.3, 0.4) is 0 Å². The van der Waals surface area contributed by atoms with Gasteiger partial charge in [0.15, 0.2) is 5.78 Å². The summed E-state index contributed by atoms with van der Waals surface area (Å²) >= 11 is 0. The Morgan fingerprint density at radius 1 is 1.39 bits per heavy atom. The minimum atomic E-state index is -0.665. The molecule has 1 aromatic carbocycles. The van der Waals surface area contributed by atoms with Gasteiger partial charge in [-0.15, -0.1) is 0 Å². The lowest BCUT2D eigenvalue weighted by Gasteiger charge is -2.07. The van der Waals surface area contributed by atoms with Crippen LogP contribution in [0.4, 0.5) is 4.39 Å². The summed E-state index contributed by atoms with van der Waals surface area (Å²) in [6.45, 7) is 1.33. The van der Waals surface area contributed by atoms with Gasteiger partial charge in [0.25, 0.3) is 5.91 Å². The van der Waals surface area contributed by atoms with Crippen molar-refractivity contribution in [2.45, 2.75) is 6.92 Å². The molecule has 1 heterocycles. The van der Waals surface area contributed by atoms with Crippen LogP contribution in [0.15, 0.2) is 30.6 Å². The van der Waals surface area contributed by atoms with Crippen molar-refractivity contribution in [3.05, 3.63) is 47.5 Å². The highest BCUT2D eigenvalue weighted by Crippen LogP contribution is 2.19. The second kappa shape index (κ2) is 4.40. The van der Waals surface area contributed by atoms with E-state index in [0.717, 1.165) is 4.68 Å². The average Bonchev–Trinajstić information content (AvgIpc) is 2.77. The zero-order valence-corrected chi connectivity index (χ0v) is 9.55. The number of benzene rings is 1. The summed E-state index contributed by atoms with van der Waals surface area (Å²) in [7, 11) is 0. The van der Waals surface area contributed by atoms with Gasteiger partial charge in [-0.25, -0.2) is 9.07 Å². The molecular formula is C12H10FN3O2. The fraction of sp³-hybridized carbons (Fsp3) is 0.0833. The minimum Gasteiger partial charge on any atom is -0.366 e. The molecule has 2 aromatic rings. The largest absolute Gasteiger partial charge is 0.366 e. The summed E-state index contributed by atoms with van der Waals surface area (Å²) in [6, 6.07) is 4.15. The second-order valence-corrected chi connectivity index (χ2v) is 3.73. The molecule has 0 saturated heterocycles. The van der Waals surface area contributed by atoms with Crippen molar-refractivity contribution in [1.82, 2.24) is 9.78 Å². The first-order valence-electron chi connectivity index (χ1n) is 5.15. The molecule has 5 nitrogen and oxygen atoms in total. The van der Waals surface area contributed by atoms with Crippen LogP contribution in [0.1, 0.15) is 27.6 Å². The number of hydrogen-bond acceptors (Lipinski definition) is 3. The third-order valence-electron chi connectivity index (χ3n) is 2.46. The molecule has 0 radical (unpaired) electrons. The van der Waals surface area contributed by atoms with E-state index in [0.29, 0.717) is 0 Å². The molecular weight excluding hydrogens is 237 g/mol. The van der Waals surface area contributed by atoms with E-state index in [-0.39, 0.29) is 22.6 Å². The van der Waals surface area contributed by atoms with E-state index >= 15 is 0 Å². The Morgan fingerprint density at radius 2 is 2.11 bits per heavy atom. The zero-order chi connectivity index (χ0) is 13.3. The Kier molecular flexibility index (Phi) is 2.93. The number of Topliss-reactive ketones (excluding diaryl/α,β-unsaturated/α-hetero) is 1. The number of nitrogens with zero attached hydrogens (tertiary/aromatic N) is 2. The lowest BCUT2D eigenvalue weighted by atomic mass is 10.1. The predicted octanol–water partition coefficient (Wildman–Crippen LogP) is 1.31. The maximum atomic E-state index is 13.8. The maximum Gasteiger partial charge on any atom is 0.251 e. The van der Waals surface area contributed by atoms with Gasteiger partial charge in [-0.2, -0.15) is 5.10 Å². The molecule has 0 spiro atoms. The molecule has 18 heavy (non-hydrogen) atoms. The lowest BCUT2D eigenvalue weighted by Crippen LogP contribution is -2.10. The van der Waals surface area contributed by atoms with E-state index in [4.69, 9.17) is 5.73 Å². The number of amides is 1. The second-order valence-electron chi connectivity index (χ2n) is 3.73. The van der Waals surface area contributed by atoms with E-state index in [1.807, 2.05) is 0 Å². The van der Waals surface area contributed by atoms with Crippen molar-refractivity contribution in [3.8, 4) is 5.69 Å². The highest BCUT2D eigenvalue weighted by atomic mass is 19.1. The van der Waals surface area contributed by atoms with Gasteiger partial charge in [0.05, 0.1) is 11.8 Å². The van der Waals surface area contributed by atoms with E-state index in [1.54, 1.807) is 0 Å². The first kappa shape index (κ1) is 12.0. The van der Waals surface area contributed by atoms with Crippen LogP contribution in [0.25, 0.3) is 5.69 Å². The smallest absolute Gasteiger partial charge is 0.251 e. The number of rotatable bonds is 3. The predicted molar refractivity (Wildman–Crippen MR) is 62.0 cm³/mol. The highest BCUT2D eigenvalue weighted by molar-refractivity contribution is 5.98. The molecule has 0 aliphatic rings. The fourth-order valence-corrected chi connectivity index (χ4v) is 1.60. The third kappa shape index (κ3) is 2.00. The monoisotopic (exact) mass is 247 g/mol. The molecule has 2 rings (SSSR count). The van der Waals surface area contributed by atoms with Crippen LogP contribution in [-0.4, -0.2) is 21.5 Å². The molecule has 0 aliphatic heterocycles. The van der Waals surface area contributed by atoms with E-state index in [2.05, 4.69) is 5.10 Å². The van der Waals surface area contributed by atoms with Crippen molar-refractivity contribution < 1.29 is 14.0 Å². The van der Waals surface area contributed by atoms with Gasteiger partial charge in [0.1, 0.15) is 11.5 Å². The molecule has 0 aliphatic carbocycles. The van der Waals surface area contributed by atoms with Gasteiger partial charge < -0.3 is 5.73 Å². The molecule has 1 aromatic heterocycles. The number of nitrogens with two attached hydrogens (primary N) is 1. The van der Waals surface area contributed by atoms with Gasteiger partial charge in [-0.05, 0) is 19.1 Å². The highest BCUT2D eigenvalue weighted by Gasteiger charge is 2.15. The van der Waals surface area contributed by atoms with Crippen molar-refractivity contribution in [2.75, 3.05) is 0 Å². The summed E-state index contributed by atoms with van der Waals surface area (Å²) in [5, 5.41) is 3.84. The quantitative estimate of drug-likeness (QED) is 0.830. The summed E-state index contributed by atoms with van der Waals surface area (Å²) < 4.78 is 14.9. The van der Waals surface area contributed by atoms with Gasteiger partial charge in [0, 0.05) is 11.8 Å². The van der Waals surface area contributed by atoms with E-state index < -0.39 is 11.7 Å². The number of ketones is 1. The normalized spacial score (nSPS) is 10.3. The van der Waals surface area contributed by atoms with Crippen molar-refractivity contribution >= 4 is 11.7 Å². The molecule has 0 bridgehead atoms. The van der Waals surface area contributed by atoms with E-state index in [9.17, 15) is 14.0 Å². The molecule has 92 valence electrons. The van der Waals surface area contributed by atoms with Crippen LogP contribution < -0.4 is 5.73 Å². The Labute approximate surface area is 102 Å². The minimum absolute atomic E-state index is 0.0116. The molecule has 0 saturated carbocycles. The van der Waals surface area contributed by atoms with Crippen molar-refractivity contribution in [2.24, 2.45) is 5.73 Å². The number of hydrogen-bond donors (Lipinski definition) is 1. The lowest BCUT2D eigenvalue weighted by molar-refractivity contribution is 0.0996. The SMILES string of the molecule is CC(=O)c1cccc(F)c1-n1cc(C(N)=O)cn1. The van der Waals surface area contributed by atoms with Crippen LogP contribution in [0.5, 0.6) is 0 Å². The third-order valence-corrected chi connectivity index (χ3v) is 2.46. The van der Waals surface area contributed by atoms with Gasteiger partial charge in [-0.3, -0.25) is 9.59 Å². The number of halogens is 1. The standard InChI is InChI=1S/C12H10FN3O2/c1-7(17)9-3-2-4-10(13)11(9)16-6-8(5-15-16)12(14)18/h2-6H,1H3,(H2,14,18). The fourth-order valence-electron chi connectivity index (χ4n) is 1.60. The number of carbonyl (C=O) groups excluding carboxylic acids is 2. The van der Waals surface area contributed by atoms with E-state index in [1.165, 1.54) is 37.5 Å². The van der Waals surface area contributed by atoms with Crippen LogP contribution in [-0.2, 0) is 0 Å². The van der Waals surface area contributed by atoms with Gasteiger partial charge in [0.2, 0.25) is 0 Å². The molecule has 6 heteroatoms. The van der Waals surface area contributed by atoms with Gasteiger partial charge in [-0.1, -0.05) is 6.07 Å². The molecule has 0 unspecified atom stereocenters. The van der Waals surface area contributed by atoms with Crippen molar-refractivity contribution in [3.63, 3.8) is 0 Å². The first-order chi connectivity index (χ1) is 8.50. The Bertz CT molecular complexity index is 634. The number of carbonyl (C=O) groups is 2. The van der Waals surface area contributed by atoms with Crippen LogP contribution in [0.2, 0.25) is 0 Å². The summed E-state index contributed by atoms with van der Waals surface area (Å²) in [5.74, 6) is -1.55. The zero-order valence-electron chi connectivity index (χ0n) is 9.55. The molecule has 2 N–H and O–H groups in total. The van der Waals surface area contributed by atoms with Crippen molar-refractivity contribution in [1.29, 1.82) is 0 Å². The topological polar surface area (TPSA) is 78.0 Å². The Morgan fingerprint density at radius 3 is 2.67 bits per heavy atom.